The standard InChI is InChI=1S/C14H19Cl2N3O.HI/c1-9(12-5-4-10(15)7-13(12)16)19-14(17)18-8-11-3-2-6-20-11;/h4-5,7,9,11H,2-3,6,8H2,1H3,(H3,17,18,19);1H. The van der Waals surface area contributed by atoms with Crippen molar-refractivity contribution in [1.82, 2.24) is 5.32 Å². The summed E-state index contributed by atoms with van der Waals surface area (Å²) in [6.07, 6.45) is 2.35. The molecule has 3 N–H and O–H groups in total. The Balaban J connectivity index is 0.00000220. The first-order valence-electron chi connectivity index (χ1n) is 6.69. The molecule has 0 aromatic heterocycles. The van der Waals surface area contributed by atoms with E-state index in [1.807, 2.05) is 13.0 Å². The number of benzene rings is 1. The molecule has 2 unspecified atom stereocenters. The lowest BCUT2D eigenvalue weighted by Crippen LogP contribution is -2.34. The van der Waals surface area contributed by atoms with Gasteiger partial charge in [0.15, 0.2) is 5.96 Å². The Labute approximate surface area is 152 Å². The summed E-state index contributed by atoms with van der Waals surface area (Å²) >= 11 is 12.0. The first kappa shape index (κ1) is 18.8. The van der Waals surface area contributed by atoms with Crippen molar-refractivity contribution in [3.63, 3.8) is 0 Å². The highest BCUT2D eigenvalue weighted by Crippen LogP contribution is 2.25. The van der Waals surface area contributed by atoms with Crippen molar-refractivity contribution in [1.29, 1.82) is 0 Å². The summed E-state index contributed by atoms with van der Waals surface area (Å²) in [6, 6.07) is 5.38. The summed E-state index contributed by atoms with van der Waals surface area (Å²) in [5, 5.41) is 4.36. The number of aliphatic imine (C=N–C) groups is 1. The first-order chi connectivity index (χ1) is 9.56. The highest BCUT2D eigenvalue weighted by molar-refractivity contribution is 14.0. The van der Waals surface area contributed by atoms with Gasteiger partial charge in [0.1, 0.15) is 0 Å². The van der Waals surface area contributed by atoms with Gasteiger partial charge < -0.3 is 15.8 Å². The quantitative estimate of drug-likeness (QED) is 0.423. The first-order valence-corrected chi connectivity index (χ1v) is 7.45. The number of nitrogens with two attached hydrogens (primary N) is 1. The Morgan fingerprint density at radius 2 is 2.29 bits per heavy atom. The SMILES string of the molecule is CC(NC(N)=NCC1CCCO1)c1ccc(Cl)cc1Cl.I. The molecule has 0 bridgehead atoms. The Hall–Kier alpha value is -0.240. The molecule has 7 heteroatoms. The summed E-state index contributed by atoms with van der Waals surface area (Å²) in [4.78, 5) is 4.31. The fraction of sp³-hybridized carbons (Fsp3) is 0.500. The molecule has 0 saturated carbocycles. The predicted molar refractivity (Wildman–Crippen MR) is 98.9 cm³/mol. The fourth-order valence-corrected chi connectivity index (χ4v) is 2.76. The van der Waals surface area contributed by atoms with Crippen LogP contribution in [-0.2, 0) is 4.74 Å². The number of rotatable bonds is 4. The van der Waals surface area contributed by atoms with Gasteiger partial charge in [-0.1, -0.05) is 29.3 Å². The van der Waals surface area contributed by atoms with Crippen molar-refractivity contribution in [2.75, 3.05) is 13.2 Å². The molecule has 1 aliphatic heterocycles. The molecule has 0 amide bonds. The van der Waals surface area contributed by atoms with Crippen molar-refractivity contribution in [3.05, 3.63) is 33.8 Å². The van der Waals surface area contributed by atoms with Crippen molar-refractivity contribution < 1.29 is 4.74 Å². The van der Waals surface area contributed by atoms with E-state index in [-0.39, 0.29) is 36.1 Å². The molecule has 0 spiro atoms. The average molecular weight is 444 g/mol. The van der Waals surface area contributed by atoms with Gasteiger partial charge in [0.2, 0.25) is 0 Å². The molecule has 1 aliphatic rings. The molecule has 1 heterocycles. The van der Waals surface area contributed by atoms with E-state index in [9.17, 15) is 0 Å². The zero-order valence-corrected chi connectivity index (χ0v) is 15.7. The van der Waals surface area contributed by atoms with Crippen LogP contribution in [0.1, 0.15) is 31.4 Å². The fourth-order valence-electron chi connectivity index (χ4n) is 2.19. The molecule has 1 fully saturated rings. The summed E-state index contributed by atoms with van der Waals surface area (Å²) < 4.78 is 5.50. The minimum absolute atomic E-state index is 0. The van der Waals surface area contributed by atoms with Crippen LogP contribution < -0.4 is 11.1 Å². The number of nitrogens with one attached hydrogen (secondary N) is 1. The van der Waals surface area contributed by atoms with Gasteiger partial charge in [-0.25, -0.2) is 0 Å². The van der Waals surface area contributed by atoms with Gasteiger partial charge in [-0.05, 0) is 37.5 Å². The highest BCUT2D eigenvalue weighted by atomic mass is 127. The van der Waals surface area contributed by atoms with Gasteiger partial charge in [-0.15, -0.1) is 24.0 Å². The summed E-state index contributed by atoms with van der Waals surface area (Å²) in [5.74, 6) is 0.402. The molecule has 2 rings (SSSR count). The largest absolute Gasteiger partial charge is 0.376 e. The molecule has 0 aliphatic carbocycles. The molecular weight excluding hydrogens is 424 g/mol. The number of hydrogen-bond acceptors (Lipinski definition) is 2. The Bertz CT molecular complexity index is 493. The lowest BCUT2D eigenvalue weighted by molar-refractivity contribution is 0.117. The van der Waals surface area contributed by atoms with E-state index >= 15 is 0 Å². The monoisotopic (exact) mass is 443 g/mol. The third-order valence-corrected chi connectivity index (χ3v) is 3.85. The molecule has 1 aromatic rings. The van der Waals surface area contributed by atoms with Gasteiger partial charge in [-0.2, -0.15) is 0 Å². The molecule has 21 heavy (non-hydrogen) atoms. The molecule has 118 valence electrons. The van der Waals surface area contributed by atoms with Crippen LogP contribution >= 0.6 is 47.2 Å². The third kappa shape index (κ3) is 5.81. The smallest absolute Gasteiger partial charge is 0.189 e. The molecular formula is C14H20Cl2IN3O. The third-order valence-electron chi connectivity index (χ3n) is 3.28. The molecule has 1 aromatic carbocycles. The van der Waals surface area contributed by atoms with E-state index in [0.29, 0.717) is 22.5 Å². The lowest BCUT2D eigenvalue weighted by atomic mass is 10.1. The predicted octanol–water partition coefficient (Wildman–Crippen LogP) is 3.76. The Morgan fingerprint density at radius 1 is 1.52 bits per heavy atom. The van der Waals surface area contributed by atoms with Crippen LogP contribution in [0.3, 0.4) is 0 Å². The van der Waals surface area contributed by atoms with Crippen LogP contribution in [-0.4, -0.2) is 25.2 Å². The van der Waals surface area contributed by atoms with Crippen LogP contribution in [0.25, 0.3) is 0 Å². The second-order valence-electron chi connectivity index (χ2n) is 4.89. The summed E-state index contributed by atoms with van der Waals surface area (Å²) in [6.45, 7) is 3.40. The Morgan fingerprint density at radius 3 is 2.90 bits per heavy atom. The van der Waals surface area contributed by atoms with Gasteiger partial charge in [-0.3, -0.25) is 4.99 Å². The minimum atomic E-state index is -0.0342. The van der Waals surface area contributed by atoms with Crippen LogP contribution in [0.5, 0.6) is 0 Å². The second-order valence-corrected chi connectivity index (χ2v) is 5.74. The maximum absolute atomic E-state index is 6.16. The minimum Gasteiger partial charge on any atom is -0.376 e. The van der Waals surface area contributed by atoms with E-state index in [1.54, 1.807) is 12.1 Å². The van der Waals surface area contributed by atoms with E-state index in [2.05, 4.69) is 10.3 Å². The molecule has 0 radical (unpaired) electrons. The normalized spacial score (nSPS) is 20.0. The zero-order valence-electron chi connectivity index (χ0n) is 11.8. The van der Waals surface area contributed by atoms with Crippen molar-refractivity contribution in [3.8, 4) is 0 Å². The van der Waals surface area contributed by atoms with Crippen molar-refractivity contribution >= 4 is 53.1 Å². The van der Waals surface area contributed by atoms with Crippen LogP contribution in [0, 0.1) is 0 Å². The number of nitrogens with zero attached hydrogens (tertiary/aromatic N) is 1. The number of ether oxygens (including phenoxy) is 1. The van der Waals surface area contributed by atoms with Crippen LogP contribution in [0.15, 0.2) is 23.2 Å². The molecule has 2 atom stereocenters. The summed E-state index contributed by atoms with van der Waals surface area (Å²) in [5.41, 5.74) is 6.82. The summed E-state index contributed by atoms with van der Waals surface area (Å²) in [7, 11) is 0. The van der Waals surface area contributed by atoms with Gasteiger partial charge in [0.05, 0.1) is 18.7 Å². The van der Waals surface area contributed by atoms with Crippen LogP contribution in [0.4, 0.5) is 0 Å². The number of guanidine groups is 1. The van der Waals surface area contributed by atoms with E-state index in [1.165, 1.54) is 0 Å². The maximum Gasteiger partial charge on any atom is 0.189 e. The average Bonchev–Trinajstić information content (AvgIpc) is 2.89. The van der Waals surface area contributed by atoms with Gasteiger partial charge in [0.25, 0.3) is 0 Å². The molecule has 1 saturated heterocycles. The number of hydrogen-bond donors (Lipinski definition) is 2. The second kappa shape index (κ2) is 9.02. The van der Waals surface area contributed by atoms with Crippen molar-refractivity contribution in [2.45, 2.75) is 31.9 Å². The highest BCUT2D eigenvalue weighted by Gasteiger charge is 2.15. The lowest BCUT2D eigenvalue weighted by Gasteiger charge is -2.17. The van der Waals surface area contributed by atoms with E-state index in [4.69, 9.17) is 33.7 Å². The van der Waals surface area contributed by atoms with Crippen LogP contribution in [0.2, 0.25) is 10.0 Å². The topological polar surface area (TPSA) is 59.6 Å². The number of halogens is 3. The van der Waals surface area contributed by atoms with E-state index in [0.717, 1.165) is 25.0 Å². The Kier molecular flexibility index (Phi) is 8.08. The zero-order chi connectivity index (χ0) is 14.5. The molecule has 4 nitrogen and oxygen atoms in total. The maximum atomic E-state index is 6.16. The van der Waals surface area contributed by atoms with Crippen molar-refractivity contribution in [2.24, 2.45) is 10.7 Å². The van der Waals surface area contributed by atoms with E-state index < -0.39 is 0 Å². The van der Waals surface area contributed by atoms with Gasteiger partial charge >= 0.3 is 0 Å². The van der Waals surface area contributed by atoms with Gasteiger partial charge in [0, 0.05) is 16.7 Å².